The monoisotopic (exact) mass is 914 g/mol. The highest BCUT2D eigenvalue weighted by Gasteiger charge is 2.55. The zero-order valence-electron chi connectivity index (χ0n) is 29.5. The van der Waals surface area contributed by atoms with E-state index in [1.165, 1.54) is 12.1 Å². The number of aromatic hydroxyl groups is 1. The van der Waals surface area contributed by atoms with E-state index >= 15 is 0 Å². The second-order valence-electron chi connectivity index (χ2n) is 13.9. The van der Waals surface area contributed by atoms with E-state index in [1.54, 1.807) is 6.07 Å². The molecule has 1 aromatic rings. The van der Waals surface area contributed by atoms with E-state index in [0.717, 1.165) is 0 Å². The van der Waals surface area contributed by atoms with E-state index in [4.69, 9.17) is 18.9 Å². The number of halogens is 1. The average molecular weight is 915 g/mol. The first-order chi connectivity index (χ1) is 25.8. The molecule has 17 unspecified atom stereocenters. The molecule has 0 aliphatic carbocycles. The number of benzene rings is 1. The number of ether oxygens (including phenoxy) is 4. The maximum Gasteiger partial charge on any atom is 0.214 e. The molecule has 22 nitrogen and oxygen atoms in total. The first-order valence-electron chi connectivity index (χ1n) is 17.3. The Morgan fingerprint density at radius 1 is 0.745 bits per heavy atom. The van der Waals surface area contributed by atoms with E-state index in [-0.39, 0.29) is 18.7 Å². The Hall–Kier alpha value is -1.09. The maximum atomic E-state index is 12.1. The molecule has 0 aromatic heterocycles. The molecule has 320 valence electrons. The lowest BCUT2D eigenvalue weighted by atomic mass is 9.89. The molecule has 2 saturated heterocycles. The van der Waals surface area contributed by atoms with Crippen molar-refractivity contribution in [2.75, 3.05) is 59.3 Å². The first-order valence-corrected chi connectivity index (χ1v) is 18.4. The van der Waals surface area contributed by atoms with Crippen molar-refractivity contribution in [1.82, 2.24) is 0 Å². The number of phenolic OH excluding ortho intramolecular Hbond substituents is 1. The Morgan fingerprint density at radius 3 is 1.82 bits per heavy atom. The lowest BCUT2D eigenvalue weighted by Crippen LogP contribution is -2.72. The third-order valence-electron chi connectivity index (χ3n) is 9.99. The van der Waals surface area contributed by atoms with Gasteiger partial charge in [0.25, 0.3) is 0 Å². The van der Waals surface area contributed by atoms with Crippen LogP contribution in [0.25, 0.3) is 0 Å². The van der Waals surface area contributed by atoms with Gasteiger partial charge in [0, 0.05) is 6.42 Å². The number of hydrogen-bond acceptors (Lipinski definition) is 21. The Morgan fingerprint density at radius 2 is 1.31 bits per heavy atom. The van der Waals surface area contributed by atoms with Crippen molar-refractivity contribution in [3.63, 3.8) is 0 Å². The molecule has 0 amide bonds. The molecule has 1 aromatic carbocycles. The molecule has 55 heavy (non-hydrogen) atoms. The molecule has 2 fully saturated rings. The van der Waals surface area contributed by atoms with Gasteiger partial charge in [0.2, 0.25) is 6.23 Å². The van der Waals surface area contributed by atoms with Crippen LogP contribution in [-0.4, -0.2) is 248 Å². The van der Waals surface area contributed by atoms with E-state index in [0.29, 0.717) is 9.13 Å². The second kappa shape index (κ2) is 21.3. The molecule has 0 radical (unpaired) electrons. The van der Waals surface area contributed by atoms with Crippen molar-refractivity contribution in [3.8, 4) is 5.75 Å². The zero-order valence-corrected chi connectivity index (χ0v) is 31.7. The van der Waals surface area contributed by atoms with Crippen LogP contribution in [0, 0.1) is 3.57 Å². The number of hydrogen-bond donors (Lipinski definition) is 17. The van der Waals surface area contributed by atoms with Gasteiger partial charge in [-0.1, -0.05) is 6.07 Å². The second-order valence-corrected chi connectivity index (χ2v) is 15.1. The standard InChI is InChI=1S/C32H54INO21/c33-15-5-14(1-2-16(15)40)3-4-34(22(44)10-38,6-17(41)19(43)11-52-30-27(49)25(47)23(45)20(8-36)53-30)12-32(51,13-39)29(18(42)7-35)55-31-28(50)26(48)24(46)21(9-37)54-31/h1-2,5,17-31,35-39,41-51H,3-4,6-13H2/p+1/i33-2. The SMILES string of the molecule is OCC(O)C(OC1OC(CO)C(O)C(O)C1O)C(O)(CO)C[N+](CCc1ccc(O)c([125I])c1)(CC(O)C(O)COC1OC(CO)C(O)C(O)C1O)C(O)CO. The quantitative estimate of drug-likeness (QED) is 0.0309. The number of quaternary nitrogens is 1. The predicted molar refractivity (Wildman–Crippen MR) is 188 cm³/mol. The van der Waals surface area contributed by atoms with E-state index in [1.807, 2.05) is 22.6 Å². The van der Waals surface area contributed by atoms with Crippen molar-refractivity contribution in [2.24, 2.45) is 0 Å². The van der Waals surface area contributed by atoms with Crippen LogP contribution in [-0.2, 0) is 25.4 Å². The summed E-state index contributed by atoms with van der Waals surface area (Å²) in [6.45, 7) is -8.20. The summed E-state index contributed by atoms with van der Waals surface area (Å²) in [4.78, 5) is 0. The molecule has 17 atom stereocenters. The van der Waals surface area contributed by atoms with Crippen molar-refractivity contribution < 1.29 is 110 Å². The molecule has 17 N–H and O–H groups in total. The van der Waals surface area contributed by atoms with Gasteiger partial charge in [-0.3, -0.25) is 4.48 Å². The smallest absolute Gasteiger partial charge is 0.214 e. The molecule has 0 bridgehead atoms. The third kappa shape index (κ3) is 11.6. The van der Waals surface area contributed by atoms with Gasteiger partial charge in [-0.15, -0.1) is 0 Å². The molecule has 23 heteroatoms. The van der Waals surface area contributed by atoms with Gasteiger partial charge in [-0.25, -0.2) is 0 Å². The van der Waals surface area contributed by atoms with Crippen LogP contribution in [0.1, 0.15) is 5.56 Å². The number of aliphatic hydroxyl groups excluding tert-OH is 15. The topological polar surface area (TPSA) is 381 Å². The largest absolute Gasteiger partial charge is 0.507 e. The molecular weight excluding hydrogens is 859 g/mol. The molecule has 2 heterocycles. The molecular formula is C32H55INO21+. The van der Waals surface area contributed by atoms with Gasteiger partial charge in [-0.05, 0) is 40.3 Å². The van der Waals surface area contributed by atoms with Gasteiger partial charge in [0.15, 0.2) is 18.2 Å². The van der Waals surface area contributed by atoms with Gasteiger partial charge in [0.05, 0.1) is 43.1 Å². The van der Waals surface area contributed by atoms with Crippen LogP contribution in [0.3, 0.4) is 0 Å². The normalized spacial score (nSPS) is 33.9. The van der Waals surface area contributed by atoms with Gasteiger partial charge < -0.3 is 106 Å². The predicted octanol–water partition coefficient (Wildman–Crippen LogP) is -8.53. The lowest BCUT2D eigenvalue weighted by Gasteiger charge is -2.50. The summed E-state index contributed by atoms with van der Waals surface area (Å²) < 4.78 is 21.0. The Bertz CT molecular complexity index is 1300. The minimum atomic E-state index is -2.82. The van der Waals surface area contributed by atoms with Crippen LogP contribution < -0.4 is 0 Å². The number of aliphatic hydroxyl groups is 16. The zero-order chi connectivity index (χ0) is 41.4. The number of rotatable bonds is 21. The number of nitrogens with zero attached hydrogens (tertiary/aromatic N) is 1. The van der Waals surface area contributed by atoms with Crippen molar-refractivity contribution >= 4 is 22.6 Å². The van der Waals surface area contributed by atoms with E-state index in [2.05, 4.69) is 0 Å². The van der Waals surface area contributed by atoms with Crippen LogP contribution >= 0.6 is 22.6 Å². The van der Waals surface area contributed by atoms with Gasteiger partial charge in [-0.2, -0.15) is 0 Å². The van der Waals surface area contributed by atoms with Crippen LogP contribution in [0.4, 0.5) is 0 Å². The summed E-state index contributed by atoms with van der Waals surface area (Å²) in [5.41, 5.74) is -2.30. The first kappa shape index (κ1) is 48.3. The molecule has 3 rings (SSSR count). The summed E-state index contributed by atoms with van der Waals surface area (Å²) in [6, 6.07) is 4.44. The van der Waals surface area contributed by atoms with Crippen molar-refractivity contribution in [2.45, 2.75) is 104 Å². The average Bonchev–Trinajstić information content (AvgIpc) is 3.17. The highest BCUT2D eigenvalue weighted by molar-refractivity contribution is 14.1. The molecule has 2 aliphatic rings. The lowest BCUT2D eigenvalue weighted by molar-refractivity contribution is -0.979. The Kier molecular flexibility index (Phi) is 18.7. The van der Waals surface area contributed by atoms with Gasteiger partial charge in [0.1, 0.15) is 98.7 Å². The van der Waals surface area contributed by atoms with Crippen molar-refractivity contribution in [1.29, 1.82) is 0 Å². The minimum Gasteiger partial charge on any atom is -0.507 e. The summed E-state index contributed by atoms with van der Waals surface area (Å²) in [6.07, 6.45) is -28.1. The molecule has 0 spiro atoms. The van der Waals surface area contributed by atoms with Gasteiger partial charge >= 0.3 is 0 Å². The summed E-state index contributed by atoms with van der Waals surface area (Å²) >= 11 is 1.85. The highest BCUT2D eigenvalue weighted by Crippen LogP contribution is 2.32. The Labute approximate surface area is 328 Å². The van der Waals surface area contributed by atoms with Crippen LogP contribution in [0.15, 0.2) is 18.2 Å². The van der Waals surface area contributed by atoms with Crippen LogP contribution in [0.2, 0.25) is 0 Å². The summed E-state index contributed by atoms with van der Waals surface area (Å²) in [7, 11) is 0. The summed E-state index contributed by atoms with van der Waals surface area (Å²) in [5, 5.41) is 178. The molecule has 2 aliphatic heterocycles. The highest BCUT2D eigenvalue weighted by atomic mass is 125. The fourth-order valence-electron chi connectivity index (χ4n) is 6.62. The Balaban J connectivity index is 2.00. The number of phenols is 1. The minimum absolute atomic E-state index is 0.0418. The van der Waals surface area contributed by atoms with E-state index < -0.39 is 155 Å². The maximum absolute atomic E-state index is 12.1. The molecule has 0 saturated carbocycles. The fourth-order valence-corrected chi connectivity index (χ4v) is 7.20. The van der Waals surface area contributed by atoms with E-state index in [9.17, 15) is 86.8 Å². The van der Waals surface area contributed by atoms with Crippen molar-refractivity contribution in [3.05, 3.63) is 27.3 Å². The van der Waals surface area contributed by atoms with Crippen LogP contribution in [0.5, 0.6) is 5.75 Å². The summed E-state index contributed by atoms with van der Waals surface area (Å²) in [5.74, 6) is -0.0562. The fraction of sp³-hybridized carbons (Fsp3) is 0.812. The third-order valence-corrected chi connectivity index (χ3v) is 10.8.